The number of carbonyl (C=O) groups is 1. The molecule has 0 spiro atoms. The van der Waals surface area contributed by atoms with Crippen molar-refractivity contribution < 1.29 is 9.53 Å². The third kappa shape index (κ3) is 2.83. The molecule has 21 heavy (non-hydrogen) atoms. The minimum atomic E-state index is -0.0802. The van der Waals surface area contributed by atoms with Gasteiger partial charge in [-0.3, -0.25) is 9.69 Å². The zero-order chi connectivity index (χ0) is 14.8. The molecule has 1 amide bonds. The van der Waals surface area contributed by atoms with Crippen molar-refractivity contribution in [3.05, 3.63) is 23.3 Å². The smallest absolute Gasteiger partial charge is 0.255 e. The molecule has 1 aromatic rings. The molecule has 1 atom stereocenters. The van der Waals surface area contributed by atoms with E-state index in [-0.39, 0.29) is 5.91 Å². The fourth-order valence-electron chi connectivity index (χ4n) is 3.35. The Morgan fingerprint density at radius 1 is 1.52 bits per heavy atom. The van der Waals surface area contributed by atoms with E-state index in [2.05, 4.69) is 17.1 Å². The lowest BCUT2D eigenvalue weighted by Crippen LogP contribution is -2.40. The van der Waals surface area contributed by atoms with Gasteiger partial charge in [0.05, 0.1) is 12.2 Å². The van der Waals surface area contributed by atoms with Crippen molar-refractivity contribution in [1.29, 1.82) is 0 Å². The molecule has 114 valence electrons. The zero-order valence-electron chi connectivity index (χ0n) is 12.5. The number of fused-ring (bicyclic) bond motifs is 1. The lowest BCUT2D eigenvalue weighted by molar-refractivity contribution is 0.0938. The van der Waals surface area contributed by atoms with Gasteiger partial charge in [0, 0.05) is 30.3 Å². The van der Waals surface area contributed by atoms with Crippen LogP contribution in [0.4, 0.5) is 5.69 Å². The monoisotopic (exact) mass is 289 g/mol. The van der Waals surface area contributed by atoms with Crippen LogP contribution >= 0.6 is 0 Å². The van der Waals surface area contributed by atoms with Crippen LogP contribution < -0.4 is 15.8 Å². The predicted molar refractivity (Wildman–Crippen MR) is 82.7 cm³/mol. The van der Waals surface area contributed by atoms with Gasteiger partial charge in [-0.2, -0.15) is 0 Å². The highest BCUT2D eigenvalue weighted by Crippen LogP contribution is 2.32. The van der Waals surface area contributed by atoms with Crippen LogP contribution in [-0.2, 0) is 6.42 Å². The van der Waals surface area contributed by atoms with Crippen molar-refractivity contribution in [2.24, 2.45) is 0 Å². The lowest BCUT2D eigenvalue weighted by Gasteiger charge is -2.23. The normalized spacial score (nSPS) is 21.1. The molecule has 1 unspecified atom stereocenters. The van der Waals surface area contributed by atoms with Crippen LogP contribution in [0.5, 0.6) is 5.75 Å². The molecule has 2 aliphatic rings. The number of likely N-dealkylation sites (tertiary alicyclic amines) is 1. The lowest BCUT2D eigenvalue weighted by atomic mass is 10.1. The quantitative estimate of drug-likeness (QED) is 0.823. The summed E-state index contributed by atoms with van der Waals surface area (Å²) in [6, 6.07) is 4.06. The Bertz CT molecular complexity index is 545. The summed E-state index contributed by atoms with van der Waals surface area (Å²) in [5, 5.41) is 3.05. The number of amides is 1. The number of carbonyl (C=O) groups excluding carboxylic acids is 1. The van der Waals surface area contributed by atoms with E-state index in [1.165, 1.54) is 6.42 Å². The van der Waals surface area contributed by atoms with Crippen LogP contribution in [0, 0.1) is 0 Å². The van der Waals surface area contributed by atoms with Crippen molar-refractivity contribution in [1.82, 2.24) is 10.2 Å². The summed E-state index contributed by atoms with van der Waals surface area (Å²) >= 11 is 0. The molecule has 1 fully saturated rings. The second kappa shape index (κ2) is 5.93. The predicted octanol–water partition coefficient (Wildman–Crippen LogP) is 1.42. The molecule has 0 saturated carbocycles. The van der Waals surface area contributed by atoms with Crippen LogP contribution in [0.25, 0.3) is 0 Å². The van der Waals surface area contributed by atoms with E-state index >= 15 is 0 Å². The van der Waals surface area contributed by atoms with Crippen molar-refractivity contribution in [2.75, 3.05) is 32.0 Å². The number of likely N-dealkylation sites (N-methyl/N-ethyl adjacent to an activating group) is 1. The number of nitrogens with zero attached hydrogens (tertiary/aromatic N) is 1. The molecular weight excluding hydrogens is 266 g/mol. The number of hydrogen-bond acceptors (Lipinski definition) is 4. The van der Waals surface area contributed by atoms with Gasteiger partial charge < -0.3 is 15.8 Å². The summed E-state index contributed by atoms with van der Waals surface area (Å²) in [6.07, 6.45) is 3.19. The highest BCUT2D eigenvalue weighted by molar-refractivity contribution is 5.98. The number of nitrogen functional groups attached to an aromatic ring is 1. The third-order valence-electron chi connectivity index (χ3n) is 4.45. The molecule has 3 rings (SSSR count). The van der Waals surface area contributed by atoms with E-state index < -0.39 is 0 Å². The van der Waals surface area contributed by atoms with E-state index in [1.807, 2.05) is 6.07 Å². The Balaban J connectivity index is 1.69. The molecule has 2 heterocycles. The van der Waals surface area contributed by atoms with Gasteiger partial charge in [-0.05, 0) is 38.1 Å². The third-order valence-corrected chi connectivity index (χ3v) is 4.45. The molecule has 0 aliphatic carbocycles. The summed E-state index contributed by atoms with van der Waals surface area (Å²) in [5.74, 6) is 0.629. The summed E-state index contributed by atoms with van der Waals surface area (Å²) in [4.78, 5) is 14.9. The van der Waals surface area contributed by atoms with E-state index in [9.17, 15) is 4.79 Å². The fourth-order valence-corrected chi connectivity index (χ4v) is 3.35. The Morgan fingerprint density at radius 2 is 2.38 bits per heavy atom. The Morgan fingerprint density at radius 3 is 3.19 bits per heavy atom. The summed E-state index contributed by atoms with van der Waals surface area (Å²) in [7, 11) is 0. The Labute approximate surface area is 125 Å². The van der Waals surface area contributed by atoms with Gasteiger partial charge in [0.2, 0.25) is 0 Å². The molecule has 0 aromatic heterocycles. The largest absolute Gasteiger partial charge is 0.492 e. The summed E-state index contributed by atoms with van der Waals surface area (Å²) < 4.78 is 5.59. The summed E-state index contributed by atoms with van der Waals surface area (Å²) in [6.45, 7) is 5.66. The van der Waals surface area contributed by atoms with Crippen LogP contribution in [0.3, 0.4) is 0 Å². The van der Waals surface area contributed by atoms with Crippen LogP contribution in [0.1, 0.15) is 35.7 Å². The van der Waals surface area contributed by atoms with Gasteiger partial charge in [-0.1, -0.05) is 6.92 Å². The van der Waals surface area contributed by atoms with E-state index in [4.69, 9.17) is 10.5 Å². The number of benzene rings is 1. The standard InChI is InChI=1S/C16H23N3O2/c1-2-19-6-3-4-13(19)10-18-16(20)14-9-12(17)8-11-5-7-21-15(11)14/h8-9,13H,2-7,10,17H2,1H3,(H,18,20). The molecule has 5 heteroatoms. The number of rotatable bonds is 4. The number of ether oxygens (including phenoxy) is 1. The van der Waals surface area contributed by atoms with Crippen LogP contribution in [-0.4, -0.2) is 43.1 Å². The highest BCUT2D eigenvalue weighted by Gasteiger charge is 2.25. The molecule has 3 N–H and O–H groups in total. The van der Waals surface area contributed by atoms with E-state index in [0.717, 1.165) is 31.5 Å². The molecular formula is C16H23N3O2. The Kier molecular flexibility index (Phi) is 4.01. The van der Waals surface area contributed by atoms with Crippen molar-refractivity contribution in [3.8, 4) is 5.75 Å². The van der Waals surface area contributed by atoms with Crippen molar-refractivity contribution >= 4 is 11.6 Å². The number of anilines is 1. The topological polar surface area (TPSA) is 67.6 Å². The van der Waals surface area contributed by atoms with Gasteiger partial charge >= 0.3 is 0 Å². The first kappa shape index (κ1) is 14.2. The first-order valence-corrected chi connectivity index (χ1v) is 7.76. The number of hydrogen-bond donors (Lipinski definition) is 2. The average Bonchev–Trinajstić information content (AvgIpc) is 3.11. The minimum Gasteiger partial charge on any atom is -0.492 e. The molecule has 1 saturated heterocycles. The number of nitrogens with two attached hydrogens (primary N) is 1. The first-order valence-electron chi connectivity index (χ1n) is 7.76. The average molecular weight is 289 g/mol. The van der Waals surface area contributed by atoms with Crippen LogP contribution in [0.2, 0.25) is 0 Å². The van der Waals surface area contributed by atoms with Gasteiger partial charge in [-0.15, -0.1) is 0 Å². The van der Waals surface area contributed by atoms with E-state index in [1.54, 1.807) is 6.07 Å². The minimum absolute atomic E-state index is 0.0802. The maximum atomic E-state index is 12.4. The molecule has 2 aliphatic heterocycles. The van der Waals surface area contributed by atoms with Crippen molar-refractivity contribution in [3.63, 3.8) is 0 Å². The second-order valence-electron chi connectivity index (χ2n) is 5.79. The Hall–Kier alpha value is -1.75. The highest BCUT2D eigenvalue weighted by atomic mass is 16.5. The fraction of sp³-hybridized carbons (Fsp3) is 0.562. The van der Waals surface area contributed by atoms with Crippen LogP contribution in [0.15, 0.2) is 12.1 Å². The van der Waals surface area contributed by atoms with Crippen molar-refractivity contribution in [2.45, 2.75) is 32.2 Å². The second-order valence-corrected chi connectivity index (χ2v) is 5.79. The molecule has 5 nitrogen and oxygen atoms in total. The summed E-state index contributed by atoms with van der Waals surface area (Å²) in [5.41, 5.74) is 8.12. The SMILES string of the molecule is CCN1CCCC1CNC(=O)c1cc(N)cc2c1OCC2. The molecule has 0 radical (unpaired) electrons. The maximum Gasteiger partial charge on any atom is 0.255 e. The van der Waals surface area contributed by atoms with Gasteiger partial charge in [0.15, 0.2) is 0 Å². The first-order chi connectivity index (χ1) is 10.2. The van der Waals surface area contributed by atoms with Gasteiger partial charge in [0.25, 0.3) is 5.91 Å². The van der Waals surface area contributed by atoms with Gasteiger partial charge in [0.1, 0.15) is 5.75 Å². The molecule has 1 aromatic carbocycles. The van der Waals surface area contributed by atoms with Gasteiger partial charge in [-0.25, -0.2) is 0 Å². The zero-order valence-corrected chi connectivity index (χ0v) is 12.5. The number of nitrogens with one attached hydrogen (secondary N) is 1. The van der Waals surface area contributed by atoms with E-state index in [0.29, 0.717) is 36.2 Å². The maximum absolute atomic E-state index is 12.4. The molecule has 0 bridgehead atoms.